The molecule has 1 aliphatic heterocycles. The molecular formula is C29H30N6O2. The lowest BCUT2D eigenvalue weighted by Gasteiger charge is -2.18. The summed E-state index contributed by atoms with van der Waals surface area (Å²) in [4.78, 5) is 38.9. The molecule has 8 nitrogen and oxygen atoms in total. The van der Waals surface area contributed by atoms with Crippen LogP contribution in [0.1, 0.15) is 40.9 Å². The lowest BCUT2D eigenvalue weighted by Crippen LogP contribution is -2.32. The first-order chi connectivity index (χ1) is 17.8. The minimum absolute atomic E-state index is 0.0149. The number of amides is 1. The van der Waals surface area contributed by atoms with Crippen molar-refractivity contribution in [2.75, 3.05) is 30.4 Å². The van der Waals surface area contributed by atoms with Crippen LogP contribution in [0.5, 0.6) is 0 Å². The van der Waals surface area contributed by atoms with Crippen LogP contribution < -0.4 is 10.6 Å². The van der Waals surface area contributed by atoms with Gasteiger partial charge in [0.05, 0.1) is 6.67 Å². The highest BCUT2D eigenvalue weighted by atomic mass is 16.2. The molecule has 37 heavy (non-hydrogen) atoms. The molecule has 0 unspecified atom stereocenters. The predicted octanol–water partition coefficient (Wildman–Crippen LogP) is 4.40. The SMILES string of the molecule is C/C=C(\C)C(=O)N1CCN(c2nc(-c3ccc(C(=O)c4ccc(C)cc4C)cc3)c3c(N)nccn23)C1. The molecule has 0 bridgehead atoms. The number of rotatable bonds is 5. The zero-order chi connectivity index (χ0) is 26.3. The van der Waals surface area contributed by atoms with Gasteiger partial charge in [-0.1, -0.05) is 54.1 Å². The molecule has 3 heterocycles. The molecule has 0 atom stereocenters. The van der Waals surface area contributed by atoms with Crippen LogP contribution in [0.15, 0.2) is 66.5 Å². The van der Waals surface area contributed by atoms with Crippen LogP contribution in [-0.4, -0.2) is 50.7 Å². The van der Waals surface area contributed by atoms with E-state index in [-0.39, 0.29) is 11.7 Å². The standard InChI is InChI=1S/C29H30N6O2/c1-5-19(3)28(37)33-14-15-34(17-33)29-32-24(25-27(30)31-12-13-35(25)29)21-7-9-22(10-8-21)26(36)23-11-6-18(2)16-20(23)4/h5-13,16H,14-15,17H2,1-4H3,(H2,30,31)/b19-5+. The van der Waals surface area contributed by atoms with Crippen LogP contribution in [0, 0.1) is 13.8 Å². The number of nitrogens with zero attached hydrogens (tertiary/aromatic N) is 5. The first kappa shape index (κ1) is 24.2. The van der Waals surface area contributed by atoms with E-state index >= 15 is 0 Å². The van der Waals surface area contributed by atoms with Gasteiger partial charge in [-0.15, -0.1) is 0 Å². The molecule has 2 aromatic carbocycles. The van der Waals surface area contributed by atoms with Crippen LogP contribution in [0.4, 0.5) is 11.8 Å². The Bertz CT molecular complexity index is 1550. The molecule has 4 aromatic rings. The first-order valence-corrected chi connectivity index (χ1v) is 12.3. The van der Waals surface area contributed by atoms with Gasteiger partial charge in [-0.05, 0) is 33.3 Å². The Labute approximate surface area is 216 Å². The fourth-order valence-electron chi connectivity index (χ4n) is 4.77. The van der Waals surface area contributed by atoms with Crippen LogP contribution in [0.3, 0.4) is 0 Å². The quantitative estimate of drug-likeness (QED) is 0.326. The number of carbonyl (C=O) groups is 2. The predicted molar refractivity (Wildman–Crippen MR) is 146 cm³/mol. The van der Waals surface area contributed by atoms with Gasteiger partial charge in [0.25, 0.3) is 5.91 Å². The van der Waals surface area contributed by atoms with Gasteiger partial charge in [-0.3, -0.25) is 14.0 Å². The summed E-state index contributed by atoms with van der Waals surface area (Å²) in [5.41, 5.74) is 12.6. The van der Waals surface area contributed by atoms with E-state index in [0.717, 1.165) is 22.3 Å². The number of benzene rings is 2. The Hall–Kier alpha value is -4.46. The van der Waals surface area contributed by atoms with Crippen molar-refractivity contribution in [1.29, 1.82) is 0 Å². The summed E-state index contributed by atoms with van der Waals surface area (Å²) in [6.07, 6.45) is 5.30. The average molecular weight is 495 g/mol. The molecule has 1 saturated heterocycles. The Balaban J connectivity index is 1.49. The van der Waals surface area contributed by atoms with Gasteiger partial charge < -0.3 is 15.5 Å². The zero-order valence-corrected chi connectivity index (χ0v) is 21.5. The third-order valence-electron chi connectivity index (χ3n) is 6.93. The Morgan fingerprint density at radius 2 is 1.81 bits per heavy atom. The summed E-state index contributed by atoms with van der Waals surface area (Å²) in [6.45, 7) is 9.38. The van der Waals surface area contributed by atoms with Gasteiger partial charge in [-0.25, -0.2) is 9.97 Å². The molecule has 5 rings (SSSR count). The number of ketones is 1. The van der Waals surface area contributed by atoms with E-state index in [4.69, 9.17) is 10.7 Å². The lowest BCUT2D eigenvalue weighted by atomic mass is 9.96. The zero-order valence-electron chi connectivity index (χ0n) is 21.5. The minimum atomic E-state index is -0.0149. The molecule has 8 heteroatoms. The van der Waals surface area contributed by atoms with Gasteiger partial charge >= 0.3 is 0 Å². The van der Waals surface area contributed by atoms with E-state index in [1.54, 1.807) is 6.20 Å². The summed E-state index contributed by atoms with van der Waals surface area (Å²) in [5, 5.41) is 0. The van der Waals surface area contributed by atoms with Crippen molar-refractivity contribution < 1.29 is 9.59 Å². The van der Waals surface area contributed by atoms with Gasteiger partial charge in [0.15, 0.2) is 5.78 Å². The Morgan fingerprint density at radius 3 is 2.51 bits per heavy atom. The van der Waals surface area contributed by atoms with Crippen molar-refractivity contribution in [1.82, 2.24) is 19.3 Å². The fourth-order valence-corrected chi connectivity index (χ4v) is 4.77. The molecule has 1 aliphatic rings. The van der Waals surface area contributed by atoms with Crippen LogP contribution >= 0.6 is 0 Å². The number of fused-ring (bicyclic) bond motifs is 1. The summed E-state index contributed by atoms with van der Waals surface area (Å²) in [6, 6.07) is 13.3. The smallest absolute Gasteiger partial charge is 0.250 e. The van der Waals surface area contributed by atoms with E-state index < -0.39 is 0 Å². The van der Waals surface area contributed by atoms with Gasteiger partial charge in [0.2, 0.25) is 5.95 Å². The molecule has 0 spiro atoms. The molecule has 1 amide bonds. The second kappa shape index (κ2) is 9.54. The number of allylic oxidation sites excluding steroid dienone is 1. The van der Waals surface area contributed by atoms with Crippen molar-refractivity contribution in [3.63, 3.8) is 0 Å². The topological polar surface area (TPSA) is 96.8 Å². The van der Waals surface area contributed by atoms with Crippen LogP contribution in [0.2, 0.25) is 0 Å². The van der Waals surface area contributed by atoms with Gasteiger partial charge in [-0.2, -0.15) is 0 Å². The molecule has 0 aliphatic carbocycles. The molecule has 0 saturated carbocycles. The van der Waals surface area contributed by atoms with E-state index in [0.29, 0.717) is 53.9 Å². The van der Waals surface area contributed by atoms with Gasteiger partial charge in [0, 0.05) is 47.7 Å². The second-order valence-electron chi connectivity index (χ2n) is 9.46. The number of aryl methyl sites for hydroxylation is 2. The molecule has 0 radical (unpaired) electrons. The van der Waals surface area contributed by atoms with Crippen LogP contribution in [0.25, 0.3) is 16.8 Å². The molecule has 2 aromatic heterocycles. The average Bonchev–Trinajstić information content (AvgIpc) is 3.53. The number of hydrogen-bond acceptors (Lipinski definition) is 6. The van der Waals surface area contributed by atoms with Crippen molar-refractivity contribution in [3.8, 4) is 11.3 Å². The van der Waals surface area contributed by atoms with E-state index in [9.17, 15) is 9.59 Å². The van der Waals surface area contributed by atoms with E-state index in [2.05, 4.69) is 9.88 Å². The molecule has 2 N–H and O–H groups in total. The monoisotopic (exact) mass is 494 g/mol. The Kier molecular flexibility index (Phi) is 6.25. The highest BCUT2D eigenvalue weighted by Gasteiger charge is 2.29. The van der Waals surface area contributed by atoms with Crippen molar-refractivity contribution in [3.05, 3.63) is 88.8 Å². The first-order valence-electron chi connectivity index (χ1n) is 12.3. The summed E-state index contributed by atoms with van der Waals surface area (Å²) >= 11 is 0. The minimum Gasteiger partial charge on any atom is -0.382 e. The number of hydrogen-bond donors (Lipinski definition) is 1. The number of nitrogen functional groups attached to an aromatic ring is 1. The van der Waals surface area contributed by atoms with Crippen molar-refractivity contribution >= 4 is 29.0 Å². The maximum atomic E-state index is 13.1. The van der Waals surface area contributed by atoms with Crippen LogP contribution in [-0.2, 0) is 4.79 Å². The summed E-state index contributed by atoms with van der Waals surface area (Å²) in [5.74, 6) is 1.07. The Morgan fingerprint density at radius 1 is 1.05 bits per heavy atom. The lowest BCUT2D eigenvalue weighted by molar-refractivity contribution is -0.126. The third-order valence-corrected chi connectivity index (χ3v) is 6.93. The number of anilines is 2. The van der Waals surface area contributed by atoms with E-state index in [1.165, 1.54) is 0 Å². The molecular weight excluding hydrogens is 464 g/mol. The maximum Gasteiger partial charge on any atom is 0.250 e. The third kappa shape index (κ3) is 4.35. The fraction of sp³-hybridized carbons (Fsp3) is 0.241. The number of aromatic nitrogens is 3. The molecule has 188 valence electrons. The van der Waals surface area contributed by atoms with E-state index in [1.807, 2.05) is 91.7 Å². The summed E-state index contributed by atoms with van der Waals surface area (Å²) < 4.78 is 1.92. The second-order valence-corrected chi connectivity index (χ2v) is 9.46. The van der Waals surface area contributed by atoms with Crippen molar-refractivity contribution in [2.24, 2.45) is 0 Å². The normalized spacial score (nSPS) is 14.0. The maximum absolute atomic E-state index is 13.1. The highest BCUT2D eigenvalue weighted by molar-refractivity contribution is 6.10. The van der Waals surface area contributed by atoms with Crippen molar-refractivity contribution in [2.45, 2.75) is 27.7 Å². The number of imidazole rings is 1. The number of nitrogens with two attached hydrogens (primary N) is 1. The van der Waals surface area contributed by atoms with Gasteiger partial charge in [0.1, 0.15) is 17.0 Å². The largest absolute Gasteiger partial charge is 0.382 e. The number of carbonyl (C=O) groups excluding carboxylic acids is 2. The highest BCUT2D eigenvalue weighted by Crippen LogP contribution is 2.32. The molecule has 1 fully saturated rings. The summed E-state index contributed by atoms with van der Waals surface area (Å²) in [7, 11) is 0.